The average molecular weight is 499 g/mol. The summed E-state index contributed by atoms with van der Waals surface area (Å²) in [5, 5.41) is 20.8. The number of hydrogen-bond donors (Lipinski definition) is 2. The Balaban J connectivity index is 1.89. The minimum atomic E-state index is -1.28. The molecule has 0 radical (unpaired) electrons. The molecule has 8 atom stereocenters. The molecule has 8 heteroatoms. The van der Waals surface area contributed by atoms with Crippen LogP contribution in [0.3, 0.4) is 0 Å². The smallest absolute Gasteiger partial charge is 0.310 e. The van der Waals surface area contributed by atoms with Gasteiger partial charge in [-0.1, -0.05) is 56.7 Å². The van der Waals surface area contributed by atoms with Crippen LogP contribution in [0.2, 0.25) is 0 Å². The molecule has 1 aromatic rings. The normalized spacial score (nSPS) is 34.4. The number of ether oxygens (including phenoxy) is 1. The van der Waals surface area contributed by atoms with E-state index in [0.717, 1.165) is 12.8 Å². The maximum absolute atomic E-state index is 14.4. The molecule has 0 saturated carbocycles. The molecular weight excluding hydrogens is 460 g/mol. The van der Waals surface area contributed by atoms with Crippen LogP contribution in [0, 0.1) is 17.8 Å². The van der Waals surface area contributed by atoms with Crippen LogP contribution in [0.15, 0.2) is 43.0 Å². The number of carboxylic acids is 1. The van der Waals surface area contributed by atoms with E-state index in [1.165, 1.54) is 4.90 Å². The van der Waals surface area contributed by atoms with Gasteiger partial charge in [-0.05, 0) is 38.2 Å². The standard InChI is InChI=1S/C28H38N2O6/c1-6-11-18(4)29(14-7-2)25(33)23-28-15-17(3)27(5,36-28)22(26(34)35)21(28)24(32)30(23)20(16-31)19-12-9-8-10-13-19/h7-10,12-13,17-18,20-23,31H,2,6,11,14-16H2,1,3-5H3,(H,34,35)/t17?,18?,20-,21+,22-,23?,27+,28?/m1/s1. The summed E-state index contributed by atoms with van der Waals surface area (Å²) in [4.78, 5) is 44.3. The number of nitrogens with zero attached hydrogens (tertiary/aromatic N) is 2. The lowest BCUT2D eigenvalue weighted by atomic mass is 9.62. The second-order valence-electron chi connectivity index (χ2n) is 10.8. The number of benzene rings is 1. The molecule has 1 aromatic carbocycles. The highest BCUT2D eigenvalue weighted by atomic mass is 16.5. The van der Waals surface area contributed by atoms with Gasteiger partial charge in [0.05, 0.1) is 24.2 Å². The topological polar surface area (TPSA) is 107 Å². The molecule has 4 unspecified atom stereocenters. The van der Waals surface area contributed by atoms with Gasteiger partial charge in [-0.15, -0.1) is 6.58 Å². The van der Waals surface area contributed by atoms with Crippen LogP contribution in [0.25, 0.3) is 0 Å². The molecular formula is C28H38N2O6. The Hall–Kier alpha value is -2.71. The monoisotopic (exact) mass is 498 g/mol. The lowest BCUT2D eigenvalue weighted by Gasteiger charge is -2.41. The number of amides is 2. The van der Waals surface area contributed by atoms with Crippen molar-refractivity contribution in [3.8, 4) is 0 Å². The van der Waals surface area contributed by atoms with Crippen LogP contribution in [-0.4, -0.2) is 74.2 Å². The quantitative estimate of drug-likeness (QED) is 0.480. The molecule has 3 saturated heterocycles. The minimum absolute atomic E-state index is 0.112. The van der Waals surface area contributed by atoms with E-state index in [0.29, 0.717) is 18.5 Å². The van der Waals surface area contributed by atoms with Gasteiger partial charge in [0.15, 0.2) is 0 Å². The number of aliphatic hydroxyl groups excluding tert-OH is 1. The van der Waals surface area contributed by atoms with Crippen molar-refractivity contribution >= 4 is 17.8 Å². The van der Waals surface area contributed by atoms with Crippen molar-refractivity contribution < 1.29 is 29.3 Å². The fraction of sp³-hybridized carbons (Fsp3) is 0.607. The SMILES string of the molecule is C=CCN(C(=O)C1N([C@H](CO)c2ccccc2)C(=O)[C@@H]2[C@H](C(=O)O)[C@@]3(C)OC12CC3C)C(C)CCC. The number of carbonyl (C=O) groups excluding carboxylic acids is 2. The van der Waals surface area contributed by atoms with Gasteiger partial charge in [-0.25, -0.2) is 0 Å². The Morgan fingerprint density at radius 2 is 2.00 bits per heavy atom. The van der Waals surface area contributed by atoms with Crippen molar-refractivity contribution in [2.45, 2.75) is 76.3 Å². The van der Waals surface area contributed by atoms with Gasteiger partial charge in [0.1, 0.15) is 17.6 Å². The van der Waals surface area contributed by atoms with E-state index in [-0.39, 0.29) is 17.9 Å². The van der Waals surface area contributed by atoms with Gasteiger partial charge in [0, 0.05) is 12.6 Å². The van der Waals surface area contributed by atoms with Gasteiger partial charge < -0.3 is 24.7 Å². The zero-order valence-corrected chi connectivity index (χ0v) is 21.6. The molecule has 2 N–H and O–H groups in total. The molecule has 196 valence electrons. The summed E-state index contributed by atoms with van der Waals surface area (Å²) in [5.74, 6) is -4.08. The highest BCUT2D eigenvalue weighted by molar-refractivity contribution is 5.98. The summed E-state index contributed by atoms with van der Waals surface area (Å²) in [7, 11) is 0. The fourth-order valence-electron chi connectivity index (χ4n) is 7.05. The van der Waals surface area contributed by atoms with E-state index in [1.807, 2.05) is 39.0 Å². The molecule has 2 bridgehead atoms. The number of fused-ring (bicyclic) bond motifs is 1. The zero-order chi connectivity index (χ0) is 26.4. The predicted molar refractivity (Wildman–Crippen MR) is 134 cm³/mol. The van der Waals surface area contributed by atoms with Crippen LogP contribution < -0.4 is 0 Å². The maximum atomic E-state index is 14.4. The Morgan fingerprint density at radius 3 is 2.56 bits per heavy atom. The first kappa shape index (κ1) is 26.4. The summed E-state index contributed by atoms with van der Waals surface area (Å²) in [6.07, 6.45) is 3.70. The van der Waals surface area contributed by atoms with E-state index in [2.05, 4.69) is 6.58 Å². The minimum Gasteiger partial charge on any atom is -0.481 e. The Bertz CT molecular complexity index is 1030. The number of hydrogen-bond acceptors (Lipinski definition) is 5. The molecule has 1 spiro atoms. The Kier molecular flexibility index (Phi) is 7.05. The number of carboxylic acid groups (broad SMARTS) is 1. The average Bonchev–Trinajstić information content (AvgIpc) is 3.35. The van der Waals surface area contributed by atoms with Crippen molar-refractivity contribution in [1.82, 2.24) is 9.80 Å². The highest BCUT2D eigenvalue weighted by Crippen LogP contribution is 2.66. The molecule has 2 amide bonds. The van der Waals surface area contributed by atoms with Crippen molar-refractivity contribution in [1.29, 1.82) is 0 Å². The third-order valence-corrected chi connectivity index (χ3v) is 8.79. The molecule has 8 nitrogen and oxygen atoms in total. The van der Waals surface area contributed by atoms with Crippen LogP contribution in [-0.2, 0) is 19.1 Å². The summed E-state index contributed by atoms with van der Waals surface area (Å²) >= 11 is 0. The van der Waals surface area contributed by atoms with E-state index in [4.69, 9.17) is 4.74 Å². The number of aliphatic hydroxyl groups is 1. The molecule has 3 fully saturated rings. The number of likely N-dealkylation sites (tertiary alicyclic amines) is 1. The van der Waals surface area contributed by atoms with E-state index in [1.54, 1.807) is 30.0 Å². The van der Waals surface area contributed by atoms with Gasteiger partial charge >= 0.3 is 5.97 Å². The molecule has 3 heterocycles. The van der Waals surface area contributed by atoms with Gasteiger partial charge in [-0.3, -0.25) is 14.4 Å². The molecule has 3 aliphatic rings. The van der Waals surface area contributed by atoms with E-state index in [9.17, 15) is 24.6 Å². The molecule has 36 heavy (non-hydrogen) atoms. The Labute approximate surface area is 212 Å². The van der Waals surface area contributed by atoms with Crippen molar-refractivity contribution in [2.75, 3.05) is 13.2 Å². The third kappa shape index (κ3) is 3.68. The molecule has 4 rings (SSSR count). The number of rotatable bonds is 10. The van der Waals surface area contributed by atoms with Gasteiger partial charge in [-0.2, -0.15) is 0 Å². The van der Waals surface area contributed by atoms with Gasteiger partial charge in [0.25, 0.3) is 0 Å². The Morgan fingerprint density at radius 1 is 1.33 bits per heavy atom. The summed E-state index contributed by atoms with van der Waals surface area (Å²) in [6.45, 7) is 11.4. The van der Waals surface area contributed by atoms with Crippen LogP contribution in [0.4, 0.5) is 0 Å². The van der Waals surface area contributed by atoms with E-state index >= 15 is 0 Å². The first-order chi connectivity index (χ1) is 17.1. The van der Waals surface area contributed by atoms with Gasteiger partial charge in [0.2, 0.25) is 11.8 Å². The van der Waals surface area contributed by atoms with Crippen LogP contribution >= 0.6 is 0 Å². The van der Waals surface area contributed by atoms with Crippen molar-refractivity contribution in [3.63, 3.8) is 0 Å². The second-order valence-corrected chi connectivity index (χ2v) is 10.8. The predicted octanol–water partition coefficient (Wildman–Crippen LogP) is 3.02. The first-order valence-electron chi connectivity index (χ1n) is 12.9. The zero-order valence-electron chi connectivity index (χ0n) is 21.6. The summed E-state index contributed by atoms with van der Waals surface area (Å²) in [6, 6.07) is 7.10. The third-order valence-electron chi connectivity index (χ3n) is 8.79. The lowest BCUT2D eigenvalue weighted by molar-refractivity contribution is -0.160. The molecule has 0 aromatic heterocycles. The van der Waals surface area contributed by atoms with E-state index < -0.39 is 53.6 Å². The maximum Gasteiger partial charge on any atom is 0.310 e. The van der Waals surface area contributed by atoms with Crippen LogP contribution in [0.5, 0.6) is 0 Å². The van der Waals surface area contributed by atoms with Crippen molar-refractivity contribution in [2.24, 2.45) is 17.8 Å². The second kappa shape index (κ2) is 9.63. The van der Waals surface area contributed by atoms with Crippen molar-refractivity contribution in [3.05, 3.63) is 48.6 Å². The fourth-order valence-corrected chi connectivity index (χ4v) is 7.05. The summed E-state index contributed by atoms with van der Waals surface area (Å²) in [5.41, 5.74) is -1.66. The number of carbonyl (C=O) groups is 3. The van der Waals surface area contributed by atoms with Crippen LogP contribution in [0.1, 0.15) is 58.6 Å². The molecule has 3 aliphatic heterocycles. The lowest BCUT2D eigenvalue weighted by Crippen LogP contribution is -2.58. The first-order valence-corrected chi connectivity index (χ1v) is 12.9. The summed E-state index contributed by atoms with van der Waals surface area (Å²) < 4.78 is 6.59. The largest absolute Gasteiger partial charge is 0.481 e. The number of aliphatic carboxylic acids is 1. The molecule has 0 aliphatic carbocycles. The highest BCUT2D eigenvalue weighted by Gasteiger charge is 2.80.